The molecule has 0 radical (unpaired) electrons. The minimum absolute atomic E-state index is 0.664. The lowest BCUT2D eigenvalue weighted by molar-refractivity contribution is 0.340. The molecule has 1 aromatic heterocycles. The second kappa shape index (κ2) is 7.41. The van der Waals surface area contributed by atoms with Crippen molar-refractivity contribution in [2.45, 2.75) is 33.1 Å². The van der Waals surface area contributed by atoms with Crippen molar-refractivity contribution in [1.29, 1.82) is 0 Å². The summed E-state index contributed by atoms with van der Waals surface area (Å²) in [7, 11) is 0. The Bertz CT molecular complexity index is 534. The summed E-state index contributed by atoms with van der Waals surface area (Å²) < 4.78 is 5.48. The fourth-order valence-corrected chi connectivity index (χ4v) is 3.33. The van der Waals surface area contributed by atoms with Crippen LogP contribution in [0.15, 0.2) is 24.3 Å². The van der Waals surface area contributed by atoms with Crippen LogP contribution in [0.25, 0.3) is 11.3 Å². The molecule has 108 valence electrons. The van der Waals surface area contributed by atoms with Crippen molar-refractivity contribution in [2.75, 3.05) is 13.2 Å². The molecule has 0 fully saturated rings. The molecule has 0 aliphatic carbocycles. The highest BCUT2D eigenvalue weighted by atomic mass is 32.1. The van der Waals surface area contributed by atoms with Gasteiger partial charge < -0.3 is 10.5 Å². The third-order valence-electron chi connectivity index (χ3n) is 3.02. The molecule has 0 aliphatic rings. The SMILES string of the molecule is CCCc1nc(-c2ccc(OCC)cc2)c(CCN)s1. The standard InChI is InChI=1S/C16H22N2OS/c1-3-5-15-18-16(14(20-15)10-11-17)12-6-8-13(9-7-12)19-4-2/h6-9H,3-5,10-11,17H2,1-2H3. The normalized spacial score (nSPS) is 10.8. The Balaban J connectivity index is 2.29. The van der Waals surface area contributed by atoms with Crippen LogP contribution in [0.4, 0.5) is 0 Å². The molecule has 20 heavy (non-hydrogen) atoms. The number of nitrogens with two attached hydrogens (primary N) is 1. The first-order chi connectivity index (χ1) is 9.78. The van der Waals surface area contributed by atoms with E-state index in [2.05, 4.69) is 19.1 Å². The second-order valence-electron chi connectivity index (χ2n) is 4.63. The summed E-state index contributed by atoms with van der Waals surface area (Å²) in [6.45, 7) is 5.53. The Morgan fingerprint density at radius 1 is 1.15 bits per heavy atom. The molecule has 4 heteroatoms. The van der Waals surface area contributed by atoms with Crippen molar-refractivity contribution in [2.24, 2.45) is 5.73 Å². The number of thiazole rings is 1. The maximum Gasteiger partial charge on any atom is 0.119 e. The molecule has 0 amide bonds. The van der Waals surface area contributed by atoms with Crippen molar-refractivity contribution < 1.29 is 4.74 Å². The maximum atomic E-state index is 5.71. The molecule has 0 bridgehead atoms. The first kappa shape index (κ1) is 15.0. The van der Waals surface area contributed by atoms with E-state index >= 15 is 0 Å². The minimum atomic E-state index is 0.664. The number of hydrogen-bond donors (Lipinski definition) is 1. The minimum Gasteiger partial charge on any atom is -0.494 e. The summed E-state index contributed by atoms with van der Waals surface area (Å²) in [6.07, 6.45) is 3.06. The molecule has 0 atom stereocenters. The van der Waals surface area contributed by atoms with E-state index < -0.39 is 0 Å². The lowest BCUT2D eigenvalue weighted by atomic mass is 10.1. The third kappa shape index (κ3) is 3.58. The predicted molar refractivity (Wildman–Crippen MR) is 85.5 cm³/mol. The zero-order valence-corrected chi connectivity index (χ0v) is 13.0. The quantitative estimate of drug-likeness (QED) is 0.846. The van der Waals surface area contributed by atoms with Crippen LogP contribution in [-0.2, 0) is 12.8 Å². The van der Waals surface area contributed by atoms with Crippen LogP contribution >= 0.6 is 11.3 Å². The Labute approximate surface area is 124 Å². The molecule has 2 rings (SSSR count). The van der Waals surface area contributed by atoms with E-state index in [4.69, 9.17) is 15.5 Å². The number of nitrogens with zero attached hydrogens (tertiary/aromatic N) is 1. The maximum absolute atomic E-state index is 5.71. The van der Waals surface area contributed by atoms with Gasteiger partial charge in [0.25, 0.3) is 0 Å². The van der Waals surface area contributed by atoms with E-state index in [9.17, 15) is 0 Å². The number of rotatable bonds is 7. The fraction of sp³-hybridized carbons (Fsp3) is 0.438. The Hall–Kier alpha value is -1.39. The van der Waals surface area contributed by atoms with Crippen molar-refractivity contribution in [3.05, 3.63) is 34.2 Å². The van der Waals surface area contributed by atoms with Crippen molar-refractivity contribution >= 4 is 11.3 Å². The number of aromatic nitrogens is 1. The highest BCUT2D eigenvalue weighted by Crippen LogP contribution is 2.30. The summed E-state index contributed by atoms with van der Waals surface area (Å²) in [5.74, 6) is 0.903. The largest absolute Gasteiger partial charge is 0.494 e. The highest BCUT2D eigenvalue weighted by molar-refractivity contribution is 7.12. The fourth-order valence-electron chi connectivity index (χ4n) is 2.12. The van der Waals surface area contributed by atoms with Crippen molar-refractivity contribution in [3.63, 3.8) is 0 Å². The molecule has 3 nitrogen and oxygen atoms in total. The first-order valence-corrected chi connectivity index (χ1v) is 8.02. The Morgan fingerprint density at radius 3 is 2.50 bits per heavy atom. The number of aryl methyl sites for hydroxylation is 1. The average Bonchev–Trinajstić information content (AvgIpc) is 2.84. The van der Waals surface area contributed by atoms with Crippen molar-refractivity contribution in [3.8, 4) is 17.0 Å². The monoisotopic (exact) mass is 290 g/mol. The molecular formula is C16H22N2OS. The first-order valence-electron chi connectivity index (χ1n) is 7.20. The van der Waals surface area contributed by atoms with Gasteiger partial charge in [0.15, 0.2) is 0 Å². The van der Waals surface area contributed by atoms with Crippen LogP contribution in [0.2, 0.25) is 0 Å². The lowest BCUT2D eigenvalue weighted by Crippen LogP contribution is -2.02. The summed E-state index contributed by atoms with van der Waals surface area (Å²) in [5, 5.41) is 1.21. The van der Waals surface area contributed by atoms with E-state index in [1.54, 1.807) is 11.3 Å². The molecule has 0 spiro atoms. The van der Waals surface area contributed by atoms with Gasteiger partial charge in [-0.3, -0.25) is 0 Å². The van der Waals surface area contributed by atoms with Gasteiger partial charge in [0.05, 0.1) is 17.3 Å². The molecule has 2 aromatic rings. The van der Waals surface area contributed by atoms with E-state index in [0.29, 0.717) is 13.2 Å². The molecule has 1 aromatic carbocycles. The molecule has 0 unspecified atom stereocenters. The summed E-state index contributed by atoms with van der Waals surface area (Å²) in [4.78, 5) is 6.08. The molecule has 0 aliphatic heterocycles. The smallest absolute Gasteiger partial charge is 0.119 e. The van der Waals surface area contributed by atoms with Crippen LogP contribution in [-0.4, -0.2) is 18.1 Å². The van der Waals surface area contributed by atoms with E-state index in [1.165, 1.54) is 9.88 Å². The van der Waals surface area contributed by atoms with Gasteiger partial charge in [-0.15, -0.1) is 11.3 Å². The van der Waals surface area contributed by atoms with Crippen LogP contribution < -0.4 is 10.5 Å². The summed E-state index contributed by atoms with van der Waals surface area (Å²) in [6, 6.07) is 8.17. The number of hydrogen-bond acceptors (Lipinski definition) is 4. The van der Waals surface area contributed by atoms with Gasteiger partial charge in [0, 0.05) is 10.4 Å². The van der Waals surface area contributed by atoms with E-state index in [0.717, 1.165) is 36.3 Å². The van der Waals surface area contributed by atoms with Gasteiger partial charge in [-0.05, 0) is 57.0 Å². The van der Waals surface area contributed by atoms with E-state index in [1.807, 2.05) is 19.1 Å². The topological polar surface area (TPSA) is 48.1 Å². The Morgan fingerprint density at radius 2 is 1.90 bits per heavy atom. The van der Waals surface area contributed by atoms with Crippen molar-refractivity contribution in [1.82, 2.24) is 4.98 Å². The molecule has 0 saturated carbocycles. The third-order valence-corrected chi connectivity index (χ3v) is 4.19. The highest BCUT2D eigenvalue weighted by Gasteiger charge is 2.12. The summed E-state index contributed by atoms with van der Waals surface area (Å²) in [5.41, 5.74) is 7.95. The van der Waals surface area contributed by atoms with Crippen LogP contribution in [0.3, 0.4) is 0 Å². The number of ether oxygens (including phenoxy) is 1. The molecule has 2 N–H and O–H groups in total. The van der Waals surface area contributed by atoms with Gasteiger partial charge in [-0.1, -0.05) is 6.92 Å². The zero-order chi connectivity index (χ0) is 14.4. The Kier molecular flexibility index (Phi) is 5.56. The van der Waals surface area contributed by atoms with Gasteiger partial charge in [-0.25, -0.2) is 4.98 Å². The van der Waals surface area contributed by atoms with Gasteiger partial charge in [-0.2, -0.15) is 0 Å². The van der Waals surface area contributed by atoms with Crippen LogP contribution in [0.1, 0.15) is 30.2 Å². The predicted octanol–water partition coefficient (Wildman–Crippen LogP) is 3.66. The van der Waals surface area contributed by atoms with Crippen LogP contribution in [0.5, 0.6) is 5.75 Å². The van der Waals surface area contributed by atoms with Gasteiger partial charge in [0.2, 0.25) is 0 Å². The molecular weight excluding hydrogens is 268 g/mol. The molecule has 0 saturated heterocycles. The average molecular weight is 290 g/mol. The number of benzene rings is 1. The van der Waals surface area contributed by atoms with E-state index in [-0.39, 0.29) is 0 Å². The zero-order valence-electron chi connectivity index (χ0n) is 12.2. The second-order valence-corrected chi connectivity index (χ2v) is 5.79. The lowest BCUT2D eigenvalue weighted by Gasteiger charge is -2.05. The van der Waals surface area contributed by atoms with Gasteiger partial charge in [0.1, 0.15) is 5.75 Å². The molecule has 1 heterocycles. The van der Waals surface area contributed by atoms with Gasteiger partial charge >= 0.3 is 0 Å². The summed E-state index contributed by atoms with van der Waals surface area (Å²) >= 11 is 1.80. The van der Waals surface area contributed by atoms with Crippen LogP contribution in [0, 0.1) is 0 Å².